The summed E-state index contributed by atoms with van der Waals surface area (Å²) < 4.78 is 11.8. The highest BCUT2D eigenvalue weighted by molar-refractivity contribution is 5.63. The smallest absolute Gasteiger partial charge is 0.269 e. The van der Waals surface area contributed by atoms with E-state index in [4.69, 9.17) is 9.47 Å². The molecule has 0 amide bonds. The maximum Gasteiger partial charge on any atom is 0.269 e. The van der Waals surface area contributed by atoms with Crippen molar-refractivity contribution in [3.05, 3.63) is 80.6 Å². The number of non-ortho nitro benzene ring substituents is 1. The first-order chi connectivity index (χ1) is 13.0. The fourth-order valence-electron chi connectivity index (χ4n) is 2.65. The number of methoxy groups -OCH3 is 2. The van der Waals surface area contributed by atoms with Gasteiger partial charge in [0.15, 0.2) is 11.5 Å². The average molecular weight is 367 g/mol. The lowest BCUT2D eigenvalue weighted by Crippen LogP contribution is -2.22. The molecular weight excluding hydrogens is 350 g/mol. The largest absolute Gasteiger partial charge is 0.493 e. The standard InChI is InChI=1S/C19H17N3O5/c1-26-17-8-6-14(11-18(17)27-2)16-7-9-19(23)21(20-16)12-13-4-3-5-15(10-13)22(24)25/h3-11H,12H2,1-2H3. The summed E-state index contributed by atoms with van der Waals surface area (Å²) >= 11 is 0. The molecule has 0 radical (unpaired) electrons. The summed E-state index contributed by atoms with van der Waals surface area (Å²) in [5.74, 6) is 1.14. The molecule has 1 aromatic heterocycles. The van der Waals surface area contributed by atoms with E-state index in [0.717, 1.165) is 5.56 Å². The number of nitro groups is 1. The number of benzene rings is 2. The van der Waals surface area contributed by atoms with Gasteiger partial charge in [-0.1, -0.05) is 12.1 Å². The van der Waals surface area contributed by atoms with Gasteiger partial charge in [0, 0.05) is 23.8 Å². The molecule has 8 heteroatoms. The van der Waals surface area contributed by atoms with Crippen LogP contribution in [0.25, 0.3) is 11.3 Å². The molecule has 3 aromatic rings. The Morgan fingerprint density at radius 3 is 2.52 bits per heavy atom. The molecule has 0 atom stereocenters. The molecule has 0 saturated carbocycles. The summed E-state index contributed by atoms with van der Waals surface area (Å²) in [5.41, 5.74) is 1.60. The van der Waals surface area contributed by atoms with Crippen molar-refractivity contribution in [3.8, 4) is 22.8 Å². The van der Waals surface area contributed by atoms with Crippen molar-refractivity contribution >= 4 is 5.69 Å². The van der Waals surface area contributed by atoms with Gasteiger partial charge in [0.2, 0.25) is 0 Å². The predicted molar refractivity (Wildman–Crippen MR) is 99.2 cm³/mol. The summed E-state index contributed by atoms with van der Waals surface area (Å²) in [5, 5.41) is 15.3. The van der Waals surface area contributed by atoms with Gasteiger partial charge in [-0.05, 0) is 29.8 Å². The maximum absolute atomic E-state index is 12.2. The van der Waals surface area contributed by atoms with Crippen molar-refractivity contribution in [1.29, 1.82) is 0 Å². The SMILES string of the molecule is COc1ccc(-c2ccc(=O)n(Cc3cccc([N+](=O)[O-])c3)n2)cc1OC. The van der Waals surface area contributed by atoms with E-state index in [-0.39, 0.29) is 17.8 Å². The quantitative estimate of drug-likeness (QED) is 0.491. The summed E-state index contributed by atoms with van der Waals surface area (Å²) in [7, 11) is 3.09. The molecule has 1 heterocycles. The fraction of sp³-hybridized carbons (Fsp3) is 0.158. The van der Waals surface area contributed by atoms with Crippen LogP contribution in [0.5, 0.6) is 11.5 Å². The highest BCUT2D eigenvalue weighted by atomic mass is 16.6. The van der Waals surface area contributed by atoms with E-state index in [0.29, 0.717) is 22.8 Å². The normalized spacial score (nSPS) is 10.4. The Hall–Kier alpha value is -3.68. The van der Waals surface area contributed by atoms with E-state index >= 15 is 0 Å². The second-order valence-corrected chi connectivity index (χ2v) is 5.71. The number of hydrogen-bond donors (Lipinski definition) is 0. The third kappa shape index (κ3) is 3.95. The molecule has 0 saturated heterocycles. The number of rotatable bonds is 6. The topological polar surface area (TPSA) is 96.5 Å². The second-order valence-electron chi connectivity index (χ2n) is 5.71. The van der Waals surface area contributed by atoms with Gasteiger partial charge in [0.1, 0.15) is 0 Å². The predicted octanol–water partition coefficient (Wildman–Crippen LogP) is 2.88. The lowest BCUT2D eigenvalue weighted by atomic mass is 10.1. The molecule has 0 fully saturated rings. The molecule has 2 aromatic carbocycles. The molecule has 0 spiro atoms. The van der Waals surface area contributed by atoms with Crippen molar-refractivity contribution in [2.75, 3.05) is 14.2 Å². The summed E-state index contributed by atoms with van der Waals surface area (Å²) in [4.78, 5) is 22.6. The zero-order chi connectivity index (χ0) is 19.4. The van der Waals surface area contributed by atoms with E-state index in [1.165, 1.54) is 30.0 Å². The van der Waals surface area contributed by atoms with Gasteiger partial charge in [-0.15, -0.1) is 0 Å². The van der Waals surface area contributed by atoms with E-state index in [9.17, 15) is 14.9 Å². The zero-order valence-corrected chi connectivity index (χ0v) is 14.8. The number of ether oxygens (including phenoxy) is 2. The van der Waals surface area contributed by atoms with Gasteiger partial charge in [0.05, 0.1) is 31.4 Å². The maximum atomic E-state index is 12.2. The van der Waals surface area contributed by atoms with Crippen LogP contribution >= 0.6 is 0 Å². The van der Waals surface area contributed by atoms with E-state index in [1.54, 1.807) is 37.4 Å². The minimum Gasteiger partial charge on any atom is -0.493 e. The van der Waals surface area contributed by atoms with Gasteiger partial charge in [-0.2, -0.15) is 5.10 Å². The van der Waals surface area contributed by atoms with Crippen LogP contribution in [0.3, 0.4) is 0 Å². The van der Waals surface area contributed by atoms with Crippen molar-refractivity contribution < 1.29 is 14.4 Å². The Balaban J connectivity index is 1.97. The number of nitrogens with zero attached hydrogens (tertiary/aromatic N) is 3. The Bertz CT molecular complexity index is 1050. The lowest BCUT2D eigenvalue weighted by Gasteiger charge is -2.11. The van der Waals surface area contributed by atoms with Crippen LogP contribution in [0.15, 0.2) is 59.4 Å². The van der Waals surface area contributed by atoms with Crippen LogP contribution in [0.2, 0.25) is 0 Å². The van der Waals surface area contributed by atoms with E-state index in [1.807, 2.05) is 6.07 Å². The van der Waals surface area contributed by atoms with Crippen LogP contribution in [0.1, 0.15) is 5.56 Å². The van der Waals surface area contributed by atoms with Crippen LogP contribution in [-0.2, 0) is 6.54 Å². The Kier molecular flexibility index (Phi) is 5.16. The monoisotopic (exact) mass is 367 g/mol. The minimum absolute atomic E-state index is 0.0309. The van der Waals surface area contributed by atoms with E-state index in [2.05, 4.69) is 5.10 Å². The minimum atomic E-state index is -0.472. The molecule has 3 rings (SSSR count). The molecule has 27 heavy (non-hydrogen) atoms. The van der Waals surface area contributed by atoms with Gasteiger partial charge in [-0.25, -0.2) is 4.68 Å². The van der Waals surface area contributed by atoms with Crippen molar-refractivity contribution in [3.63, 3.8) is 0 Å². The highest BCUT2D eigenvalue weighted by Gasteiger charge is 2.10. The van der Waals surface area contributed by atoms with Crippen LogP contribution in [0.4, 0.5) is 5.69 Å². The second kappa shape index (κ2) is 7.69. The van der Waals surface area contributed by atoms with Crippen molar-refractivity contribution in [2.24, 2.45) is 0 Å². The number of hydrogen-bond acceptors (Lipinski definition) is 6. The molecule has 0 aliphatic rings. The molecule has 0 aliphatic carbocycles. The van der Waals surface area contributed by atoms with Crippen molar-refractivity contribution in [2.45, 2.75) is 6.54 Å². The summed E-state index contributed by atoms with van der Waals surface area (Å²) in [6, 6.07) is 14.5. The number of aromatic nitrogens is 2. The molecule has 0 aliphatic heterocycles. The van der Waals surface area contributed by atoms with Crippen LogP contribution in [-0.4, -0.2) is 28.9 Å². The lowest BCUT2D eigenvalue weighted by molar-refractivity contribution is -0.384. The third-order valence-corrected chi connectivity index (χ3v) is 4.00. The van der Waals surface area contributed by atoms with Gasteiger partial charge in [0.25, 0.3) is 11.2 Å². The zero-order valence-electron chi connectivity index (χ0n) is 14.8. The first kappa shape index (κ1) is 18.1. The molecule has 0 bridgehead atoms. The molecular formula is C19H17N3O5. The Morgan fingerprint density at radius 1 is 1.04 bits per heavy atom. The van der Waals surface area contributed by atoms with Gasteiger partial charge < -0.3 is 9.47 Å². The molecule has 0 N–H and O–H groups in total. The van der Waals surface area contributed by atoms with E-state index < -0.39 is 4.92 Å². The summed E-state index contributed by atoms with van der Waals surface area (Å²) in [6.07, 6.45) is 0. The van der Waals surface area contributed by atoms with Gasteiger partial charge in [-0.3, -0.25) is 14.9 Å². The first-order valence-electron chi connectivity index (χ1n) is 8.05. The Labute approximate surface area is 154 Å². The first-order valence-corrected chi connectivity index (χ1v) is 8.05. The summed E-state index contributed by atoms with van der Waals surface area (Å²) in [6.45, 7) is 0.127. The average Bonchev–Trinajstić information content (AvgIpc) is 2.69. The van der Waals surface area contributed by atoms with Gasteiger partial charge >= 0.3 is 0 Å². The van der Waals surface area contributed by atoms with Crippen LogP contribution in [0, 0.1) is 10.1 Å². The Morgan fingerprint density at radius 2 is 1.81 bits per heavy atom. The molecule has 138 valence electrons. The third-order valence-electron chi connectivity index (χ3n) is 4.00. The fourth-order valence-corrected chi connectivity index (χ4v) is 2.65. The number of nitro benzene ring substituents is 1. The molecule has 0 unspecified atom stereocenters. The molecule has 8 nitrogen and oxygen atoms in total. The van der Waals surface area contributed by atoms with Crippen LogP contribution < -0.4 is 15.0 Å². The van der Waals surface area contributed by atoms with Crippen molar-refractivity contribution in [1.82, 2.24) is 9.78 Å². The highest BCUT2D eigenvalue weighted by Crippen LogP contribution is 2.31.